The number of halogens is 4. The zero-order chi connectivity index (χ0) is 21.6. The van der Waals surface area contributed by atoms with Crippen molar-refractivity contribution in [3.63, 3.8) is 0 Å². The van der Waals surface area contributed by atoms with Crippen molar-refractivity contribution >= 4 is 29.2 Å². The average molecular weight is 431 g/mol. The predicted molar refractivity (Wildman–Crippen MR) is 100.0 cm³/mol. The zero-order valence-electron chi connectivity index (χ0n) is 15.6. The summed E-state index contributed by atoms with van der Waals surface area (Å²) in [4.78, 5) is 31.4. The molecule has 2 amide bonds. The Kier molecular flexibility index (Phi) is 7.38. The molecule has 0 spiro atoms. The fourth-order valence-corrected chi connectivity index (χ4v) is 2.42. The molecule has 0 aliphatic carbocycles. The van der Waals surface area contributed by atoms with Gasteiger partial charge in [-0.3, -0.25) is 9.59 Å². The van der Waals surface area contributed by atoms with Crippen molar-refractivity contribution in [2.45, 2.75) is 26.4 Å². The van der Waals surface area contributed by atoms with E-state index in [9.17, 15) is 22.8 Å². The Bertz CT molecular complexity index is 906. The number of hydrogen-bond acceptors (Lipinski definition) is 5. The lowest BCUT2D eigenvalue weighted by Gasteiger charge is -2.11. The first-order chi connectivity index (χ1) is 13.6. The maximum atomic E-state index is 12.6. The van der Waals surface area contributed by atoms with Crippen LogP contribution in [0.1, 0.15) is 35.0 Å². The molecule has 0 aliphatic heterocycles. The summed E-state index contributed by atoms with van der Waals surface area (Å²) >= 11 is 5.74. The number of rotatable bonds is 7. The Morgan fingerprint density at radius 3 is 2.59 bits per heavy atom. The molecule has 2 N–H and O–H groups in total. The van der Waals surface area contributed by atoms with Crippen molar-refractivity contribution in [2.24, 2.45) is 0 Å². The number of hydrogen-bond donors (Lipinski definition) is 2. The Balaban J connectivity index is 1.91. The van der Waals surface area contributed by atoms with Crippen LogP contribution >= 0.6 is 11.6 Å². The molecule has 156 valence electrons. The molecule has 7 nitrogen and oxygen atoms in total. The van der Waals surface area contributed by atoms with Gasteiger partial charge in [-0.05, 0) is 25.1 Å². The first kappa shape index (κ1) is 22.4. The molecule has 0 atom stereocenters. The molecule has 2 aromatic heterocycles. The van der Waals surface area contributed by atoms with Gasteiger partial charge < -0.3 is 15.4 Å². The molecule has 11 heteroatoms. The van der Waals surface area contributed by atoms with Gasteiger partial charge in [-0.25, -0.2) is 9.97 Å². The van der Waals surface area contributed by atoms with Crippen LogP contribution < -0.4 is 15.4 Å². The number of anilines is 1. The summed E-state index contributed by atoms with van der Waals surface area (Å²) in [6.45, 7) is 3.36. The number of amides is 2. The molecule has 0 radical (unpaired) electrons. The van der Waals surface area contributed by atoms with Crippen LogP contribution in [0.2, 0.25) is 5.02 Å². The Morgan fingerprint density at radius 1 is 1.24 bits per heavy atom. The molecular weight excluding hydrogens is 413 g/mol. The molecule has 0 fully saturated rings. The Labute approximate surface area is 169 Å². The number of nitrogens with one attached hydrogen (secondary N) is 2. The summed E-state index contributed by atoms with van der Waals surface area (Å²) < 4.78 is 43.0. The molecular formula is C18H18ClF3N4O3. The van der Waals surface area contributed by atoms with Crippen molar-refractivity contribution in [1.29, 1.82) is 0 Å². The van der Waals surface area contributed by atoms with Crippen LogP contribution in [0.25, 0.3) is 0 Å². The fraction of sp³-hybridized carbons (Fsp3) is 0.333. The highest BCUT2D eigenvalue weighted by atomic mass is 35.5. The van der Waals surface area contributed by atoms with Gasteiger partial charge in [-0.1, -0.05) is 18.5 Å². The number of carbonyl (C=O) groups excluding carboxylic acids is 2. The van der Waals surface area contributed by atoms with Crippen LogP contribution in [0.4, 0.5) is 19.0 Å². The molecule has 2 rings (SSSR count). The van der Waals surface area contributed by atoms with E-state index in [1.165, 1.54) is 6.07 Å². The highest BCUT2D eigenvalue weighted by Crippen LogP contribution is 2.32. The van der Waals surface area contributed by atoms with Crippen molar-refractivity contribution in [1.82, 2.24) is 15.3 Å². The number of nitrogens with zero attached hydrogens (tertiary/aromatic N) is 2. The van der Waals surface area contributed by atoms with Crippen LogP contribution in [0.3, 0.4) is 0 Å². The minimum atomic E-state index is -4.55. The number of pyridine rings is 2. The third-order valence-corrected chi connectivity index (χ3v) is 3.84. The second kappa shape index (κ2) is 9.55. The fourth-order valence-electron chi connectivity index (χ4n) is 2.20. The first-order valence-electron chi connectivity index (χ1n) is 8.52. The largest absolute Gasteiger partial charge is 0.475 e. The second-order valence-corrected chi connectivity index (χ2v) is 6.30. The Morgan fingerprint density at radius 2 is 1.97 bits per heavy atom. The van der Waals surface area contributed by atoms with E-state index in [0.717, 1.165) is 0 Å². The highest BCUT2D eigenvalue weighted by Gasteiger charge is 2.31. The lowest BCUT2D eigenvalue weighted by molar-refractivity contribution is -0.137. The number of ether oxygens (including phenoxy) is 1. The van der Waals surface area contributed by atoms with Gasteiger partial charge in [0, 0.05) is 23.9 Å². The minimum absolute atomic E-state index is 0.0515. The van der Waals surface area contributed by atoms with Crippen LogP contribution in [0.15, 0.2) is 24.4 Å². The number of aromatic nitrogens is 2. The van der Waals surface area contributed by atoms with E-state index < -0.39 is 17.6 Å². The number of alkyl halides is 3. The second-order valence-electron chi connectivity index (χ2n) is 5.90. The molecule has 0 unspecified atom stereocenters. The van der Waals surface area contributed by atoms with E-state index >= 15 is 0 Å². The minimum Gasteiger partial charge on any atom is -0.475 e. The normalized spacial score (nSPS) is 11.1. The standard InChI is InChI=1S/C18H18ClF3N4O3/c1-3-15(27)26-14-7-11(6-10(2)25-14)16(28)23-4-5-29-17-13(19)8-12(9-24-17)18(20,21)22/h6-9H,3-5H2,1-2H3,(H,23,28)(H,25,26,27). The molecule has 2 heterocycles. The van der Waals surface area contributed by atoms with E-state index in [1.54, 1.807) is 19.9 Å². The van der Waals surface area contributed by atoms with Crippen molar-refractivity contribution in [3.05, 3.63) is 46.2 Å². The lowest BCUT2D eigenvalue weighted by Crippen LogP contribution is -2.28. The van der Waals surface area contributed by atoms with Crippen molar-refractivity contribution in [2.75, 3.05) is 18.5 Å². The third kappa shape index (κ3) is 6.60. The van der Waals surface area contributed by atoms with E-state index in [-0.39, 0.29) is 47.8 Å². The maximum absolute atomic E-state index is 12.6. The van der Waals surface area contributed by atoms with Crippen molar-refractivity contribution < 1.29 is 27.5 Å². The molecule has 0 aromatic carbocycles. The monoisotopic (exact) mass is 430 g/mol. The van der Waals surface area contributed by atoms with Gasteiger partial charge in [0.2, 0.25) is 11.8 Å². The molecule has 0 saturated carbocycles. The van der Waals surface area contributed by atoms with Crippen LogP contribution in [-0.4, -0.2) is 34.9 Å². The topological polar surface area (TPSA) is 93.2 Å². The van der Waals surface area contributed by atoms with Gasteiger partial charge in [0.05, 0.1) is 12.1 Å². The molecule has 0 aliphatic rings. The maximum Gasteiger partial charge on any atom is 0.417 e. The number of aryl methyl sites for hydroxylation is 1. The van der Waals surface area contributed by atoms with Gasteiger partial charge in [0.15, 0.2) is 0 Å². The molecule has 0 saturated heterocycles. The van der Waals surface area contributed by atoms with Gasteiger partial charge >= 0.3 is 6.18 Å². The summed E-state index contributed by atoms with van der Waals surface area (Å²) in [6.07, 6.45) is -3.66. The summed E-state index contributed by atoms with van der Waals surface area (Å²) in [5, 5.41) is 4.89. The van der Waals surface area contributed by atoms with Crippen LogP contribution in [0.5, 0.6) is 5.88 Å². The van der Waals surface area contributed by atoms with Gasteiger partial charge in [0.25, 0.3) is 5.91 Å². The summed E-state index contributed by atoms with van der Waals surface area (Å²) in [7, 11) is 0. The first-order valence-corrected chi connectivity index (χ1v) is 8.90. The highest BCUT2D eigenvalue weighted by molar-refractivity contribution is 6.31. The quantitative estimate of drug-likeness (QED) is 0.654. The smallest absolute Gasteiger partial charge is 0.417 e. The van der Waals surface area contributed by atoms with Gasteiger partial charge in [0.1, 0.15) is 17.4 Å². The van der Waals surface area contributed by atoms with E-state index in [1.807, 2.05) is 0 Å². The van der Waals surface area contributed by atoms with Gasteiger partial charge in [-0.2, -0.15) is 13.2 Å². The van der Waals surface area contributed by atoms with E-state index in [0.29, 0.717) is 18.0 Å². The van der Waals surface area contributed by atoms with Crippen LogP contribution in [-0.2, 0) is 11.0 Å². The average Bonchev–Trinajstić information content (AvgIpc) is 2.64. The number of carbonyl (C=O) groups is 2. The molecule has 0 bridgehead atoms. The van der Waals surface area contributed by atoms with Crippen molar-refractivity contribution in [3.8, 4) is 5.88 Å². The van der Waals surface area contributed by atoms with E-state index in [2.05, 4.69) is 20.6 Å². The molecule has 29 heavy (non-hydrogen) atoms. The van der Waals surface area contributed by atoms with Gasteiger partial charge in [-0.15, -0.1) is 0 Å². The predicted octanol–water partition coefficient (Wildman–Crippen LogP) is 3.61. The molecule has 2 aromatic rings. The summed E-state index contributed by atoms with van der Waals surface area (Å²) in [5.41, 5.74) is -0.155. The lowest BCUT2D eigenvalue weighted by atomic mass is 10.2. The summed E-state index contributed by atoms with van der Waals surface area (Å²) in [6, 6.07) is 3.70. The summed E-state index contributed by atoms with van der Waals surface area (Å²) in [5.74, 6) is -0.571. The van der Waals surface area contributed by atoms with E-state index in [4.69, 9.17) is 16.3 Å². The zero-order valence-corrected chi connectivity index (χ0v) is 16.3. The third-order valence-electron chi connectivity index (χ3n) is 3.57. The Hall–Kier alpha value is -2.88. The van der Waals surface area contributed by atoms with Crippen LogP contribution in [0, 0.1) is 6.92 Å². The SMILES string of the molecule is CCC(=O)Nc1cc(C(=O)NCCOc2ncc(C(F)(F)F)cc2Cl)cc(C)n1.